The Morgan fingerprint density at radius 3 is 2.46 bits per heavy atom. The fraction of sp³-hybridized carbons (Fsp3) is 0.250. The highest BCUT2D eigenvalue weighted by Gasteiger charge is 2.15. The van der Waals surface area contributed by atoms with Crippen LogP contribution < -0.4 is 16.6 Å². The van der Waals surface area contributed by atoms with E-state index in [0.717, 1.165) is 23.1 Å². The molecule has 7 nitrogen and oxygen atoms in total. The minimum atomic E-state index is -0.404. The Morgan fingerprint density at radius 2 is 1.71 bits per heavy atom. The molecule has 0 radical (unpaired) electrons. The van der Waals surface area contributed by atoms with Gasteiger partial charge in [-0.3, -0.25) is 14.2 Å². The van der Waals surface area contributed by atoms with Crippen LogP contribution in [0, 0.1) is 6.92 Å². The van der Waals surface area contributed by atoms with Crippen molar-refractivity contribution >= 4 is 16.8 Å². The molecule has 4 rings (SSSR count). The maximum atomic E-state index is 13.6. The van der Waals surface area contributed by atoms with Crippen LogP contribution in [-0.2, 0) is 22.5 Å². The minimum absolute atomic E-state index is 0.0859. The van der Waals surface area contributed by atoms with Gasteiger partial charge in [0.1, 0.15) is 0 Å². The predicted molar refractivity (Wildman–Crippen MR) is 137 cm³/mol. The summed E-state index contributed by atoms with van der Waals surface area (Å²) in [4.78, 5) is 39.1. The summed E-state index contributed by atoms with van der Waals surface area (Å²) >= 11 is 0. The molecule has 0 spiro atoms. The van der Waals surface area contributed by atoms with E-state index < -0.39 is 5.69 Å². The van der Waals surface area contributed by atoms with Gasteiger partial charge < -0.3 is 10.1 Å². The van der Waals surface area contributed by atoms with Gasteiger partial charge in [-0.2, -0.15) is 0 Å². The Hall–Kier alpha value is -3.97. The second kappa shape index (κ2) is 11.0. The number of para-hydroxylation sites is 1. The van der Waals surface area contributed by atoms with Gasteiger partial charge in [-0.15, -0.1) is 0 Å². The second-order valence-corrected chi connectivity index (χ2v) is 8.56. The normalized spacial score (nSPS) is 11.0. The number of hydrogen-bond acceptors (Lipinski definition) is 4. The monoisotopic (exact) mass is 471 g/mol. The molecule has 1 N–H and O–H groups in total. The lowest BCUT2D eigenvalue weighted by Gasteiger charge is -2.15. The molecule has 180 valence electrons. The van der Waals surface area contributed by atoms with Crippen LogP contribution in [-0.4, -0.2) is 35.3 Å². The molecule has 0 saturated carbocycles. The highest BCUT2D eigenvalue weighted by molar-refractivity contribution is 5.79. The molecule has 1 aromatic heterocycles. The van der Waals surface area contributed by atoms with E-state index in [1.807, 2.05) is 37.3 Å². The van der Waals surface area contributed by atoms with Gasteiger partial charge in [0.05, 0.1) is 29.6 Å². The van der Waals surface area contributed by atoms with E-state index >= 15 is 0 Å². The van der Waals surface area contributed by atoms with Crippen LogP contribution in [0.25, 0.3) is 16.6 Å². The van der Waals surface area contributed by atoms with Crippen molar-refractivity contribution in [2.24, 2.45) is 0 Å². The average Bonchev–Trinajstić information content (AvgIpc) is 2.86. The molecule has 7 heteroatoms. The van der Waals surface area contributed by atoms with Gasteiger partial charge in [-0.05, 0) is 48.7 Å². The predicted octanol–water partition coefficient (Wildman–Crippen LogP) is 3.20. The van der Waals surface area contributed by atoms with Crippen LogP contribution in [0.4, 0.5) is 0 Å². The molecular weight excluding hydrogens is 442 g/mol. The molecule has 0 fully saturated rings. The number of fused-ring (bicyclic) bond motifs is 1. The Morgan fingerprint density at radius 1 is 0.943 bits per heavy atom. The summed E-state index contributed by atoms with van der Waals surface area (Å²) in [6, 6.07) is 22.1. The number of carbonyl (C=O) groups excluding carboxylic acids is 1. The second-order valence-electron chi connectivity index (χ2n) is 8.56. The largest absolute Gasteiger partial charge is 0.385 e. The standard InChI is InChI=1S/C28H29N3O4/c1-20-7-5-8-22(17-20)19-30-25-10-4-3-9-24(25)27(33)31(28(30)34)23-13-11-21(12-14-23)18-26(32)29-15-6-16-35-2/h3-5,7-14,17H,6,15-16,18-19H2,1-2H3,(H,29,32). The quantitative estimate of drug-likeness (QED) is 0.380. The molecule has 0 aliphatic rings. The van der Waals surface area contributed by atoms with Crippen LogP contribution in [0.1, 0.15) is 23.1 Å². The van der Waals surface area contributed by atoms with Crippen molar-refractivity contribution in [1.82, 2.24) is 14.5 Å². The topological polar surface area (TPSA) is 82.3 Å². The van der Waals surface area contributed by atoms with E-state index in [2.05, 4.69) is 5.32 Å². The van der Waals surface area contributed by atoms with E-state index in [1.165, 1.54) is 4.57 Å². The van der Waals surface area contributed by atoms with Gasteiger partial charge in [0.25, 0.3) is 5.56 Å². The fourth-order valence-corrected chi connectivity index (χ4v) is 4.15. The molecule has 1 amide bonds. The number of aromatic nitrogens is 2. The smallest absolute Gasteiger partial charge is 0.336 e. The Balaban J connectivity index is 1.67. The lowest BCUT2D eigenvalue weighted by Crippen LogP contribution is -2.39. The molecule has 1 heterocycles. The zero-order valence-corrected chi connectivity index (χ0v) is 20.0. The zero-order chi connectivity index (χ0) is 24.8. The summed E-state index contributed by atoms with van der Waals surface area (Å²) in [5.41, 5.74) is 3.18. The molecule has 4 aromatic rings. The molecule has 0 aliphatic heterocycles. The SMILES string of the molecule is COCCCNC(=O)Cc1ccc(-n2c(=O)c3ccccc3n(Cc3cccc(C)c3)c2=O)cc1. The van der Waals surface area contributed by atoms with E-state index in [1.54, 1.807) is 54.1 Å². The number of hydrogen-bond donors (Lipinski definition) is 1. The van der Waals surface area contributed by atoms with E-state index in [9.17, 15) is 14.4 Å². The lowest BCUT2D eigenvalue weighted by atomic mass is 10.1. The van der Waals surface area contributed by atoms with Crippen LogP contribution >= 0.6 is 0 Å². The number of ether oxygens (including phenoxy) is 1. The summed E-state index contributed by atoms with van der Waals surface area (Å²) in [7, 11) is 1.63. The highest BCUT2D eigenvalue weighted by Crippen LogP contribution is 2.14. The summed E-state index contributed by atoms with van der Waals surface area (Å²) in [6.07, 6.45) is 0.971. The first-order valence-electron chi connectivity index (χ1n) is 11.6. The van der Waals surface area contributed by atoms with Gasteiger partial charge in [0.15, 0.2) is 0 Å². The van der Waals surface area contributed by atoms with Crippen molar-refractivity contribution < 1.29 is 9.53 Å². The van der Waals surface area contributed by atoms with Crippen molar-refractivity contribution in [1.29, 1.82) is 0 Å². The molecule has 0 saturated heterocycles. The Kier molecular flexibility index (Phi) is 7.57. The number of nitrogens with one attached hydrogen (secondary N) is 1. The van der Waals surface area contributed by atoms with Crippen molar-refractivity contribution in [2.75, 3.05) is 20.3 Å². The van der Waals surface area contributed by atoms with Crippen LogP contribution in [0.5, 0.6) is 0 Å². The zero-order valence-electron chi connectivity index (χ0n) is 20.0. The average molecular weight is 472 g/mol. The number of benzene rings is 3. The van der Waals surface area contributed by atoms with Gasteiger partial charge in [-0.1, -0.05) is 54.1 Å². The van der Waals surface area contributed by atoms with E-state index in [4.69, 9.17) is 4.74 Å². The van der Waals surface area contributed by atoms with E-state index in [-0.39, 0.29) is 17.9 Å². The third-order valence-electron chi connectivity index (χ3n) is 5.88. The first-order valence-corrected chi connectivity index (χ1v) is 11.6. The Labute approximate surface area is 203 Å². The third-order valence-corrected chi connectivity index (χ3v) is 5.88. The summed E-state index contributed by atoms with van der Waals surface area (Å²) < 4.78 is 7.82. The summed E-state index contributed by atoms with van der Waals surface area (Å²) in [5.74, 6) is -0.0859. The number of nitrogens with zero attached hydrogens (tertiary/aromatic N) is 2. The Bertz CT molecular complexity index is 1450. The molecule has 35 heavy (non-hydrogen) atoms. The van der Waals surface area contributed by atoms with Crippen LogP contribution in [0.15, 0.2) is 82.4 Å². The van der Waals surface area contributed by atoms with Gasteiger partial charge in [-0.25, -0.2) is 9.36 Å². The van der Waals surface area contributed by atoms with Crippen molar-refractivity contribution in [3.63, 3.8) is 0 Å². The highest BCUT2D eigenvalue weighted by atomic mass is 16.5. The third kappa shape index (κ3) is 5.58. The molecule has 0 atom stereocenters. The molecule has 3 aromatic carbocycles. The molecule has 0 unspecified atom stereocenters. The van der Waals surface area contributed by atoms with Gasteiger partial charge in [0.2, 0.25) is 5.91 Å². The van der Waals surface area contributed by atoms with Crippen LogP contribution in [0.2, 0.25) is 0 Å². The summed E-state index contributed by atoms with van der Waals surface area (Å²) in [6.45, 7) is 3.50. The maximum absolute atomic E-state index is 13.6. The number of amides is 1. The minimum Gasteiger partial charge on any atom is -0.385 e. The van der Waals surface area contributed by atoms with Crippen LogP contribution in [0.3, 0.4) is 0 Å². The van der Waals surface area contributed by atoms with Gasteiger partial charge >= 0.3 is 5.69 Å². The fourth-order valence-electron chi connectivity index (χ4n) is 4.15. The van der Waals surface area contributed by atoms with Crippen molar-refractivity contribution in [2.45, 2.75) is 26.3 Å². The number of rotatable bonds is 9. The van der Waals surface area contributed by atoms with Gasteiger partial charge in [0, 0.05) is 20.3 Å². The molecular formula is C28H29N3O4. The van der Waals surface area contributed by atoms with Crippen molar-refractivity contribution in [3.05, 3.63) is 110 Å². The molecule has 0 aliphatic carbocycles. The maximum Gasteiger partial charge on any atom is 0.336 e. The number of carbonyl (C=O) groups is 1. The summed E-state index contributed by atoms with van der Waals surface area (Å²) in [5, 5.41) is 3.33. The van der Waals surface area contributed by atoms with Crippen molar-refractivity contribution in [3.8, 4) is 5.69 Å². The van der Waals surface area contributed by atoms with E-state index in [0.29, 0.717) is 36.3 Å². The first kappa shape index (κ1) is 24.2. The molecule has 0 bridgehead atoms. The number of aryl methyl sites for hydroxylation is 1. The number of methoxy groups -OCH3 is 1. The first-order chi connectivity index (χ1) is 17.0. The lowest BCUT2D eigenvalue weighted by molar-refractivity contribution is -0.120.